The van der Waals surface area contributed by atoms with Crippen molar-refractivity contribution in [2.24, 2.45) is 7.05 Å². The molecule has 0 atom stereocenters. The summed E-state index contributed by atoms with van der Waals surface area (Å²) < 4.78 is 26.0. The molecule has 22 heavy (non-hydrogen) atoms. The molecular formula is C13H23N5O3S. The van der Waals surface area contributed by atoms with Crippen LogP contribution in [0, 0.1) is 0 Å². The largest absolute Gasteiger partial charge is 0.338 e. The van der Waals surface area contributed by atoms with Crippen LogP contribution < -0.4 is 10.6 Å². The number of urea groups is 1. The Morgan fingerprint density at radius 2 is 2.09 bits per heavy atom. The monoisotopic (exact) mass is 329 g/mol. The molecule has 0 bridgehead atoms. The van der Waals surface area contributed by atoms with E-state index in [4.69, 9.17) is 0 Å². The standard InChI is InChI=1S/C13H23N5O3S/c1-17-10-11(9-15-17)3-6-14-13(19)16-12-4-7-18(8-5-12)22(2,20)21/h9-10,12H,3-8H2,1-2H3,(H2,14,16,19). The Morgan fingerprint density at radius 3 is 2.64 bits per heavy atom. The van der Waals surface area contributed by atoms with Crippen LogP contribution in [0.3, 0.4) is 0 Å². The van der Waals surface area contributed by atoms with Crippen LogP contribution in [-0.4, -0.2) is 60.5 Å². The lowest BCUT2D eigenvalue weighted by atomic mass is 10.1. The van der Waals surface area contributed by atoms with E-state index in [2.05, 4.69) is 15.7 Å². The van der Waals surface area contributed by atoms with E-state index in [0.717, 1.165) is 12.0 Å². The molecule has 2 heterocycles. The predicted molar refractivity (Wildman–Crippen MR) is 82.9 cm³/mol. The number of hydrogen-bond acceptors (Lipinski definition) is 4. The fourth-order valence-electron chi connectivity index (χ4n) is 2.49. The maximum Gasteiger partial charge on any atom is 0.315 e. The Morgan fingerprint density at radius 1 is 1.41 bits per heavy atom. The molecule has 0 aromatic carbocycles. The molecule has 0 spiro atoms. The van der Waals surface area contributed by atoms with Crippen molar-refractivity contribution in [1.29, 1.82) is 0 Å². The summed E-state index contributed by atoms with van der Waals surface area (Å²) in [4.78, 5) is 11.8. The number of carbonyl (C=O) groups excluding carboxylic acids is 1. The molecule has 1 aliphatic rings. The second-order valence-corrected chi connectivity index (χ2v) is 7.59. The number of nitrogens with zero attached hydrogens (tertiary/aromatic N) is 3. The lowest BCUT2D eigenvalue weighted by Gasteiger charge is -2.30. The second-order valence-electron chi connectivity index (χ2n) is 5.61. The number of amides is 2. The van der Waals surface area contributed by atoms with E-state index in [1.54, 1.807) is 10.9 Å². The topological polar surface area (TPSA) is 96.3 Å². The van der Waals surface area contributed by atoms with Gasteiger partial charge in [-0.15, -0.1) is 0 Å². The molecule has 1 aromatic rings. The van der Waals surface area contributed by atoms with E-state index >= 15 is 0 Å². The van der Waals surface area contributed by atoms with Crippen molar-refractivity contribution < 1.29 is 13.2 Å². The van der Waals surface area contributed by atoms with Gasteiger partial charge in [-0.1, -0.05) is 0 Å². The quantitative estimate of drug-likeness (QED) is 0.774. The van der Waals surface area contributed by atoms with Crippen LogP contribution >= 0.6 is 0 Å². The molecule has 1 saturated heterocycles. The molecule has 1 fully saturated rings. The van der Waals surface area contributed by atoms with E-state index in [-0.39, 0.29) is 12.1 Å². The number of aryl methyl sites for hydroxylation is 1. The third kappa shape index (κ3) is 4.99. The summed E-state index contributed by atoms with van der Waals surface area (Å²) in [5.74, 6) is 0. The van der Waals surface area contributed by atoms with Crippen LogP contribution in [0.1, 0.15) is 18.4 Å². The highest BCUT2D eigenvalue weighted by Crippen LogP contribution is 2.12. The number of nitrogens with one attached hydrogen (secondary N) is 2. The molecular weight excluding hydrogens is 306 g/mol. The summed E-state index contributed by atoms with van der Waals surface area (Å²) in [7, 11) is -1.27. The van der Waals surface area contributed by atoms with Crippen LogP contribution in [0.2, 0.25) is 0 Å². The fraction of sp³-hybridized carbons (Fsp3) is 0.692. The van der Waals surface area contributed by atoms with Gasteiger partial charge in [0.2, 0.25) is 10.0 Å². The van der Waals surface area contributed by atoms with Gasteiger partial charge in [0.15, 0.2) is 0 Å². The minimum absolute atomic E-state index is 0.0244. The third-order valence-electron chi connectivity index (χ3n) is 3.72. The van der Waals surface area contributed by atoms with Gasteiger partial charge in [-0.3, -0.25) is 4.68 Å². The Kier molecular flexibility index (Phi) is 5.41. The molecule has 8 nitrogen and oxygen atoms in total. The summed E-state index contributed by atoms with van der Waals surface area (Å²) in [6, 6.07) is -0.182. The van der Waals surface area contributed by atoms with Crippen LogP contribution in [0.4, 0.5) is 4.79 Å². The van der Waals surface area contributed by atoms with Gasteiger partial charge in [-0.2, -0.15) is 5.10 Å². The van der Waals surface area contributed by atoms with Crippen molar-refractivity contribution in [2.75, 3.05) is 25.9 Å². The van der Waals surface area contributed by atoms with E-state index < -0.39 is 10.0 Å². The molecule has 0 unspecified atom stereocenters. The maximum atomic E-state index is 11.8. The number of aromatic nitrogens is 2. The van der Waals surface area contributed by atoms with Crippen molar-refractivity contribution in [1.82, 2.24) is 24.7 Å². The highest BCUT2D eigenvalue weighted by Gasteiger charge is 2.25. The molecule has 1 aliphatic heterocycles. The first-order valence-corrected chi connectivity index (χ1v) is 9.16. The van der Waals surface area contributed by atoms with Gasteiger partial charge in [-0.25, -0.2) is 17.5 Å². The number of hydrogen-bond donors (Lipinski definition) is 2. The third-order valence-corrected chi connectivity index (χ3v) is 5.02. The summed E-state index contributed by atoms with van der Waals surface area (Å²) in [5, 5.41) is 9.77. The van der Waals surface area contributed by atoms with Crippen molar-refractivity contribution in [3.8, 4) is 0 Å². The van der Waals surface area contributed by atoms with Gasteiger partial charge in [0.25, 0.3) is 0 Å². The minimum Gasteiger partial charge on any atom is -0.338 e. The molecule has 2 amide bonds. The molecule has 0 radical (unpaired) electrons. The average molecular weight is 329 g/mol. The van der Waals surface area contributed by atoms with Crippen LogP contribution in [0.25, 0.3) is 0 Å². The van der Waals surface area contributed by atoms with Crippen LogP contribution in [-0.2, 0) is 23.5 Å². The summed E-state index contributed by atoms with van der Waals surface area (Å²) in [6.45, 7) is 1.46. The normalized spacial score (nSPS) is 17.4. The highest BCUT2D eigenvalue weighted by atomic mass is 32.2. The number of rotatable bonds is 5. The predicted octanol–water partition coefficient (Wildman–Crippen LogP) is -0.314. The minimum atomic E-state index is -3.12. The van der Waals surface area contributed by atoms with E-state index in [1.165, 1.54) is 10.6 Å². The van der Waals surface area contributed by atoms with Crippen LogP contribution in [0.15, 0.2) is 12.4 Å². The smallest absolute Gasteiger partial charge is 0.315 e. The van der Waals surface area contributed by atoms with Crippen molar-refractivity contribution in [3.63, 3.8) is 0 Å². The summed E-state index contributed by atoms with van der Waals surface area (Å²) in [6.07, 6.45) is 6.92. The van der Waals surface area contributed by atoms with Crippen LogP contribution in [0.5, 0.6) is 0 Å². The first-order valence-electron chi connectivity index (χ1n) is 7.31. The van der Waals surface area contributed by atoms with E-state index in [9.17, 15) is 13.2 Å². The number of piperidine rings is 1. The Labute approximate surface area is 130 Å². The lowest BCUT2D eigenvalue weighted by Crippen LogP contribution is -2.49. The van der Waals surface area contributed by atoms with E-state index in [0.29, 0.717) is 32.5 Å². The SMILES string of the molecule is Cn1cc(CCNC(=O)NC2CCN(S(C)(=O)=O)CC2)cn1. The molecule has 124 valence electrons. The van der Waals surface area contributed by atoms with Gasteiger partial charge in [-0.05, 0) is 24.8 Å². The van der Waals surface area contributed by atoms with Gasteiger partial charge < -0.3 is 10.6 Å². The van der Waals surface area contributed by atoms with Crippen molar-refractivity contribution in [2.45, 2.75) is 25.3 Å². The first-order chi connectivity index (χ1) is 10.3. The molecule has 0 aliphatic carbocycles. The second kappa shape index (κ2) is 7.10. The van der Waals surface area contributed by atoms with Crippen molar-refractivity contribution in [3.05, 3.63) is 18.0 Å². The molecule has 2 rings (SSSR count). The number of carbonyl (C=O) groups is 1. The fourth-order valence-corrected chi connectivity index (χ4v) is 3.36. The Balaban J connectivity index is 1.66. The highest BCUT2D eigenvalue weighted by molar-refractivity contribution is 7.88. The first kappa shape index (κ1) is 16.8. The van der Waals surface area contributed by atoms with Gasteiger partial charge in [0.1, 0.15) is 0 Å². The van der Waals surface area contributed by atoms with E-state index in [1.807, 2.05) is 13.2 Å². The zero-order chi connectivity index (χ0) is 16.2. The zero-order valence-electron chi connectivity index (χ0n) is 12.9. The van der Waals surface area contributed by atoms with Crippen molar-refractivity contribution >= 4 is 16.1 Å². The summed E-state index contributed by atoms with van der Waals surface area (Å²) >= 11 is 0. The molecule has 2 N–H and O–H groups in total. The summed E-state index contributed by atoms with van der Waals surface area (Å²) in [5.41, 5.74) is 1.07. The van der Waals surface area contributed by atoms with Gasteiger partial charge >= 0.3 is 6.03 Å². The molecule has 1 aromatic heterocycles. The Bertz CT molecular complexity index is 605. The molecule has 9 heteroatoms. The van der Waals surface area contributed by atoms with Gasteiger partial charge in [0, 0.05) is 38.9 Å². The Hall–Kier alpha value is -1.61. The maximum absolute atomic E-state index is 11.8. The average Bonchev–Trinajstić information content (AvgIpc) is 2.84. The molecule has 0 saturated carbocycles. The number of sulfonamides is 1. The lowest BCUT2D eigenvalue weighted by molar-refractivity contribution is 0.228. The van der Waals surface area contributed by atoms with Gasteiger partial charge in [0.05, 0.1) is 12.5 Å². The zero-order valence-corrected chi connectivity index (χ0v) is 13.8.